The number of sulfonamides is 1. The Bertz CT molecular complexity index is 722. The van der Waals surface area contributed by atoms with Crippen molar-refractivity contribution >= 4 is 15.7 Å². The number of benzene rings is 1. The first-order valence-corrected chi connectivity index (χ1v) is 7.75. The number of nitrogens with one attached hydrogen (secondary N) is 2. The van der Waals surface area contributed by atoms with Crippen LogP contribution in [-0.2, 0) is 10.0 Å². The predicted molar refractivity (Wildman–Crippen MR) is 79.1 cm³/mol. The molecular formula is C14H14N4O2S. The van der Waals surface area contributed by atoms with E-state index in [0.29, 0.717) is 12.2 Å². The van der Waals surface area contributed by atoms with E-state index in [4.69, 9.17) is 5.26 Å². The molecule has 0 aliphatic rings. The third-order valence-electron chi connectivity index (χ3n) is 2.68. The third-order valence-corrected chi connectivity index (χ3v) is 4.15. The van der Waals surface area contributed by atoms with Crippen LogP contribution in [0.1, 0.15) is 5.69 Å². The van der Waals surface area contributed by atoms with Crippen LogP contribution in [0.5, 0.6) is 0 Å². The molecule has 21 heavy (non-hydrogen) atoms. The zero-order valence-corrected chi connectivity index (χ0v) is 12.0. The summed E-state index contributed by atoms with van der Waals surface area (Å²) in [4.78, 5) is 4.15. The van der Waals surface area contributed by atoms with E-state index in [1.54, 1.807) is 42.5 Å². The van der Waals surface area contributed by atoms with Gasteiger partial charge in [-0.05, 0) is 24.3 Å². The first-order chi connectivity index (χ1) is 10.1. The molecule has 1 heterocycles. The Labute approximate surface area is 123 Å². The van der Waals surface area contributed by atoms with Crippen molar-refractivity contribution in [3.63, 3.8) is 0 Å². The van der Waals surface area contributed by atoms with Crippen LogP contribution >= 0.6 is 0 Å². The molecule has 0 saturated carbocycles. The monoisotopic (exact) mass is 302 g/mol. The van der Waals surface area contributed by atoms with Crippen LogP contribution in [0, 0.1) is 11.3 Å². The Morgan fingerprint density at radius 1 is 1.10 bits per heavy atom. The highest BCUT2D eigenvalue weighted by Gasteiger charge is 2.11. The van der Waals surface area contributed by atoms with Crippen molar-refractivity contribution < 1.29 is 8.42 Å². The molecule has 0 spiro atoms. The Hall–Kier alpha value is -2.43. The zero-order valence-electron chi connectivity index (χ0n) is 11.2. The van der Waals surface area contributed by atoms with E-state index < -0.39 is 10.0 Å². The SMILES string of the molecule is N#Cc1ccc(NCCNS(=O)(=O)c2ccccc2)cn1. The zero-order chi connectivity index (χ0) is 15.1. The minimum absolute atomic E-state index is 0.241. The third kappa shape index (κ3) is 4.27. The van der Waals surface area contributed by atoms with Crippen molar-refractivity contribution in [2.75, 3.05) is 18.4 Å². The van der Waals surface area contributed by atoms with Crippen molar-refractivity contribution in [3.05, 3.63) is 54.4 Å². The van der Waals surface area contributed by atoms with Gasteiger partial charge in [-0.2, -0.15) is 5.26 Å². The van der Waals surface area contributed by atoms with Gasteiger partial charge in [0.1, 0.15) is 11.8 Å². The molecule has 0 amide bonds. The van der Waals surface area contributed by atoms with Crippen molar-refractivity contribution in [1.29, 1.82) is 5.26 Å². The molecule has 0 saturated heterocycles. The first kappa shape index (κ1) is 15.0. The summed E-state index contributed by atoms with van der Waals surface area (Å²) in [7, 11) is -3.47. The topological polar surface area (TPSA) is 94.9 Å². The summed E-state index contributed by atoms with van der Waals surface area (Å²) in [6, 6.07) is 13.4. The van der Waals surface area contributed by atoms with Gasteiger partial charge in [0, 0.05) is 13.1 Å². The first-order valence-electron chi connectivity index (χ1n) is 6.26. The Morgan fingerprint density at radius 3 is 2.48 bits per heavy atom. The summed E-state index contributed by atoms with van der Waals surface area (Å²) < 4.78 is 26.4. The van der Waals surface area contributed by atoms with Crippen LogP contribution < -0.4 is 10.0 Å². The van der Waals surface area contributed by atoms with E-state index in [-0.39, 0.29) is 11.4 Å². The average molecular weight is 302 g/mol. The van der Waals surface area contributed by atoms with Gasteiger partial charge in [-0.15, -0.1) is 0 Å². The number of hydrogen-bond donors (Lipinski definition) is 2. The maximum Gasteiger partial charge on any atom is 0.240 e. The standard InChI is InChI=1S/C14H14N4O2S/c15-10-12-6-7-13(11-17-12)16-8-9-18-21(19,20)14-4-2-1-3-5-14/h1-7,11,16,18H,8-9H2. The lowest BCUT2D eigenvalue weighted by Crippen LogP contribution is -2.28. The van der Waals surface area contributed by atoms with Crippen LogP contribution in [0.2, 0.25) is 0 Å². The van der Waals surface area contributed by atoms with Gasteiger partial charge in [0.05, 0.1) is 16.8 Å². The quantitative estimate of drug-likeness (QED) is 0.785. The summed E-state index contributed by atoms with van der Waals surface area (Å²) in [6.07, 6.45) is 1.53. The van der Waals surface area contributed by atoms with Gasteiger partial charge in [-0.1, -0.05) is 18.2 Å². The van der Waals surface area contributed by atoms with E-state index in [2.05, 4.69) is 15.0 Å². The van der Waals surface area contributed by atoms with Gasteiger partial charge < -0.3 is 5.32 Å². The largest absolute Gasteiger partial charge is 0.382 e. The lowest BCUT2D eigenvalue weighted by atomic mass is 10.3. The fraction of sp³-hybridized carbons (Fsp3) is 0.143. The van der Waals surface area contributed by atoms with Crippen molar-refractivity contribution in [2.24, 2.45) is 0 Å². The molecule has 0 atom stereocenters. The Kier molecular flexibility index (Phi) is 4.87. The second-order valence-electron chi connectivity index (χ2n) is 4.18. The van der Waals surface area contributed by atoms with Gasteiger partial charge in [-0.25, -0.2) is 18.1 Å². The maximum absolute atomic E-state index is 11.9. The Morgan fingerprint density at radius 2 is 1.86 bits per heavy atom. The van der Waals surface area contributed by atoms with Crippen molar-refractivity contribution in [3.8, 4) is 6.07 Å². The normalized spacial score (nSPS) is 10.8. The second-order valence-corrected chi connectivity index (χ2v) is 5.95. The molecule has 0 aliphatic carbocycles. The second kappa shape index (κ2) is 6.83. The summed E-state index contributed by atoms with van der Waals surface area (Å²) in [5.41, 5.74) is 1.07. The highest BCUT2D eigenvalue weighted by molar-refractivity contribution is 7.89. The van der Waals surface area contributed by atoms with Gasteiger partial charge in [-0.3, -0.25) is 0 Å². The van der Waals surface area contributed by atoms with Gasteiger partial charge >= 0.3 is 0 Å². The summed E-state index contributed by atoms with van der Waals surface area (Å²) in [5, 5.41) is 11.7. The van der Waals surface area contributed by atoms with Crippen LogP contribution in [-0.4, -0.2) is 26.5 Å². The molecule has 0 radical (unpaired) electrons. The Balaban J connectivity index is 1.83. The van der Waals surface area contributed by atoms with Gasteiger partial charge in [0.25, 0.3) is 0 Å². The summed E-state index contributed by atoms with van der Waals surface area (Å²) in [5.74, 6) is 0. The number of nitriles is 1. The van der Waals surface area contributed by atoms with E-state index >= 15 is 0 Å². The fourth-order valence-corrected chi connectivity index (χ4v) is 2.69. The number of pyridine rings is 1. The molecule has 6 nitrogen and oxygen atoms in total. The highest BCUT2D eigenvalue weighted by Crippen LogP contribution is 2.07. The number of hydrogen-bond acceptors (Lipinski definition) is 5. The molecule has 0 unspecified atom stereocenters. The van der Waals surface area contributed by atoms with Gasteiger partial charge in [0.2, 0.25) is 10.0 Å². The van der Waals surface area contributed by atoms with E-state index in [9.17, 15) is 8.42 Å². The minimum Gasteiger partial charge on any atom is -0.382 e. The molecule has 2 N–H and O–H groups in total. The molecule has 0 aliphatic heterocycles. The maximum atomic E-state index is 11.9. The molecule has 0 fully saturated rings. The van der Waals surface area contributed by atoms with Crippen LogP contribution in [0.15, 0.2) is 53.6 Å². The highest BCUT2D eigenvalue weighted by atomic mass is 32.2. The molecule has 108 valence electrons. The fourth-order valence-electron chi connectivity index (χ4n) is 1.64. The molecule has 2 aromatic rings. The molecule has 1 aromatic carbocycles. The summed E-state index contributed by atoms with van der Waals surface area (Å²) in [6.45, 7) is 0.664. The van der Waals surface area contributed by atoms with Gasteiger partial charge in [0.15, 0.2) is 0 Å². The van der Waals surface area contributed by atoms with E-state index in [1.807, 2.05) is 6.07 Å². The molecule has 1 aromatic heterocycles. The van der Waals surface area contributed by atoms with Crippen molar-refractivity contribution in [1.82, 2.24) is 9.71 Å². The lowest BCUT2D eigenvalue weighted by Gasteiger charge is -2.08. The van der Waals surface area contributed by atoms with Crippen LogP contribution in [0.3, 0.4) is 0 Å². The van der Waals surface area contributed by atoms with Crippen LogP contribution in [0.25, 0.3) is 0 Å². The number of rotatable bonds is 6. The number of anilines is 1. The lowest BCUT2D eigenvalue weighted by molar-refractivity contribution is 0.583. The molecule has 7 heteroatoms. The summed E-state index contributed by atoms with van der Waals surface area (Å²) >= 11 is 0. The van der Waals surface area contributed by atoms with Crippen molar-refractivity contribution in [2.45, 2.75) is 4.90 Å². The predicted octanol–water partition coefficient (Wildman–Crippen LogP) is 1.34. The molecule has 0 bridgehead atoms. The average Bonchev–Trinajstić information content (AvgIpc) is 2.53. The smallest absolute Gasteiger partial charge is 0.240 e. The van der Waals surface area contributed by atoms with E-state index in [1.165, 1.54) is 6.20 Å². The molecule has 2 rings (SSSR count). The number of aromatic nitrogens is 1. The van der Waals surface area contributed by atoms with Crippen LogP contribution in [0.4, 0.5) is 5.69 Å². The minimum atomic E-state index is -3.47. The van der Waals surface area contributed by atoms with E-state index in [0.717, 1.165) is 5.69 Å². The number of nitrogens with zero attached hydrogens (tertiary/aromatic N) is 2. The molecular weight excluding hydrogens is 288 g/mol.